The molecule has 0 spiro atoms. The lowest BCUT2D eigenvalue weighted by molar-refractivity contribution is 0.187. The Bertz CT molecular complexity index is 539. The number of anilines is 2. The van der Waals surface area contributed by atoms with Crippen LogP contribution in [-0.2, 0) is 14.8 Å². The van der Waals surface area contributed by atoms with Crippen molar-refractivity contribution in [1.29, 1.82) is 0 Å². The first kappa shape index (κ1) is 14.1. The Morgan fingerprint density at radius 2 is 2.26 bits per heavy atom. The zero-order valence-corrected chi connectivity index (χ0v) is 11.7. The van der Waals surface area contributed by atoms with E-state index in [9.17, 15) is 8.42 Å². The van der Waals surface area contributed by atoms with Crippen molar-refractivity contribution in [1.82, 2.24) is 4.72 Å². The molecule has 106 valence electrons. The van der Waals surface area contributed by atoms with Crippen LogP contribution in [0, 0.1) is 5.92 Å². The molecule has 1 atom stereocenters. The fourth-order valence-electron chi connectivity index (χ4n) is 1.97. The highest BCUT2D eigenvalue weighted by Crippen LogP contribution is 2.23. The monoisotopic (exact) mass is 285 g/mol. The maximum absolute atomic E-state index is 11.7. The third-order valence-electron chi connectivity index (χ3n) is 3.21. The van der Waals surface area contributed by atoms with Gasteiger partial charge in [-0.1, -0.05) is 0 Å². The number of rotatable bonds is 5. The summed E-state index contributed by atoms with van der Waals surface area (Å²) in [5.41, 5.74) is 7.03. The first-order chi connectivity index (χ1) is 9.03. The molecular formula is C12H19N3O3S. The average molecular weight is 285 g/mol. The Hall–Kier alpha value is -1.31. The molecule has 0 bridgehead atoms. The number of benzene rings is 1. The zero-order chi connectivity index (χ0) is 13.9. The number of hydrogen-bond donors (Lipinski definition) is 3. The van der Waals surface area contributed by atoms with Gasteiger partial charge in [0, 0.05) is 19.1 Å². The molecule has 0 aliphatic carbocycles. The van der Waals surface area contributed by atoms with Gasteiger partial charge in [-0.3, -0.25) is 0 Å². The minimum atomic E-state index is -3.45. The van der Waals surface area contributed by atoms with E-state index in [2.05, 4.69) is 10.0 Å². The van der Waals surface area contributed by atoms with Gasteiger partial charge in [-0.2, -0.15) is 0 Å². The summed E-state index contributed by atoms with van der Waals surface area (Å²) >= 11 is 0. The molecule has 0 saturated carbocycles. The molecule has 6 nitrogen and oxygen atoms in total. The fourth-order valence-corrected chi connectivity index (χ4v) is 2.73. The van der Waals surface area contributed by atoms with Crippen LogP contribution in [-0.4, -0.2) is 35.2 Å². The predicted molar refractivity (Wildman–Crippen MR) is 74.5 cm³/mol. The summed E-state index contributed by atoms with van der Waals surface area (Å²) in [7, 11) is -2.06. The van der Waals surface area contributed by atoms with Crippen LogP contribution in [0.5, 0.6) is 0 Å². The highest BCUT2D eigenvalue weighted by atomic mass is 32.2. The third-order valence-corrected chi connectivity index (χ3v) is 4.62. The van der Waals surface area contributed by atoms with Gasteiger partial charge in [-0.25, -0.2) is 13.1 Å². The maximum Gasteiger partial charge on any atom is 0.240 e. The lowest BCUT2D eigenvalue weighted by atomic mass is 10.1. The molecule has 0 aromatic heterocycles. The summed E-state index contributed by atoms with van der Waals surface area (Å²) in [4.78, 5) is 0.203. The Kier molecular flexibility index (Phi) is 4.28. The van der Waals surface area contributed by atoms with E-state index in [-0.39, 0.29) is 4.90 Å². The van der Waals surface area contributed by atoms with Gasteiger partial charge in [-0.05, 0) is 31.7 Å². The highest BCUT2D eigenvalue weighted by molar-refractivity contribution is 7.89. The summed E-state index contributed by atoms with van der Waals surface area (Å²) in [6, 6.07) is 4.64. The van der Waals surface area contributed by atoms with Gasteiger partial charge in [0.05, 0.1) is 22.9 Å². The Morgan fingerprint density at radius 3 is 2.89 bits per heavy atom. The Morgan fingerprint density at radius 1 is 1.47 bits per heavy atom. The van der Waals surface area contributed by atoms with E-state index in [1.165, 1.54) is 13.1 Å². The number of nitrogens with two attached hydrogens (primary N) is 1. The second-order valence-corrected chi connectivity index (χ2v) is 6.45. The highest BCUT2D eigenvalue weighted by Gasteiger charge is 2.17. The van der Waals surface area contributed by atoms with Crippen molar-refractivity contribution in [2.24, 2.45) is 5.92 Å². The van der Waals surface area contributed by atoms with Crippen LogP contribution in [0.4, 0.5) is 11.4 Å². The molecule has 7 heteroatoms. The van der Waals surface area contributed by atoms with Gasteiger partial charge < -0.3 is 15.8 Å². The molecule has 2 rings (SSSR count). The third kappa shape index (κ3) is 3.37. The van der Waals surface area contributed by atoms with Crippen molar-refractivity contribution in [3.05, 3.63) is 18.2 Å². The van der Waals surface area contributed by atoms with Crippen molar-refractivity contribution in [3.63, 3.8) is 0 Å². The minimum Gasteiger partial charge on any atom is -0.397 e. The Labute approximate surface area is 113 Å². The molecule has 1 fully saturated rings. The quantitative estimate of drug-likeness (QED) is 0.690. The maximum atomic E-state index is 11.7. The lowest BCUT2D eigenvalue weighted by Crippen LogP contribution is -2.19. The van der Waals surface area contributed by atoms with Crippen molar-refractivity contribution in [3.8, 4) is 0 Å². The zero-order valence-electron chi connectivity index (χ0n) is 10.8. The summed E-state index contributed by atoms with van der Waals surface area (Å²) in [6.07, 6.45) is 1.02. The normalized spacial score (nSPS) is 19.5. The van der Waals surface area contributed by atoms with Crippen LogP contribution in [0.3, 0.4) is 0 Å². The smallest absolute Gasteiger partial charge is 0.240 e. The van der Waals surface area contributed by atoms with E-state index in [4.69, 9.17) is 10.5 Å². The summed E-state index contributed by atoms with van der Waals surface area (Å²) in [5.74, 6) is 0.448. The van der Waals surface area contributed by atoms with Crippen molar-refractivity contribution < 1.29 is 13.2 Å². The van der Waals surface area contributed by atoms with E-state index in [1.54, 1.807) is 12.1 Å². The molecule has 0 radical (unpaired) electrons. The van der Waals surface area contributed by atoms with Crippen LogP contribution >= 0.6 is 0 Å². The fraction of sp³-hybridized carbons (Fsp3) is 0.500. The van der Waals surface area contributed by atoms with Gasteiger partial charge >= 0.3 is 0 Å². The standard InChI is InChI=1S/C12H19N3O3S/c1-14-19(16,17)10-2-3-11(13)12(6-10)15-7-9-4-5-18-8-9/h2-3,6,9,14-15H,4-5,7-8,13H2,1H3. The predicted octanol–water partition coefficient (Wildman–Crippen LogP) is 0.625. The topological polar surface area (TPSA) is 93.5 Å². The number of sulfonamides is 1. The van der Waals surface area contributed by atoms with Crippen LogP contribution in [0.1, 0.15) is 6.42 Å². The van der Waals surface area contributed by atoms with Crippen LogP contribution in [0.2, 0.25) is 0 Å². The second kappa shape index (κ2) is 5.77. The van der Waals surface area contributed by atoms with Crippen LogP contribution < -0.4 is 15.8 Å². The van der Waals surface area contributed by atoms with Gasteiger partial charge in [0.2, 0.25) is 10.0 Å². The summed E-state index contributed by atoms with van der Waals surface area (Å²) in [6.45, 7) is 2.25. The van der Waals surface area contributed by atoms with E-state index in [0.717, 1.165) is 26.2 Å². The van der Waals surface area contributed by atoms with Crippen LogP contribution in [0.15, 0.2) is 23.1 Å². The molecule has 1 unspecified atom stereocenters. The van der Waals surface area contributed by atoms with E-state index in [1.807, 2.05) is 0 Å². The molecule has 1 aromatic rings. The molecule has 1 aliphatic rings. The summed E-state index contributed by atoms with van der Waals surface area (Å²) in [5, 5.41) is 3.19. The van der Waals surface area contributed by atoms with E-state index in [0.29, 0.717) is 17.3 Å². The number of nitrogen functional groups attached to an aromatic ring is 1. The van der Waals surface area contributed by atoms with Crippen molar-refractivity contribution >= 4 is 21.4 Å². The largest absolute Gasteiger partial charge is 0.397 e. The van der Waals surface area contributed by atoms with Gasteiger partial charge in [-0.15, -0.1) is 0 Å². The molecule has 4 N–H and O–H groups in total. The van der Waals surface area contributed by atoms with Crippen molar-refractivity contribution in [2.75, 3.05) is 37.9 Å². The minimum absolute atomic E-state index is 0.203. The van der Waals surface area contributed by atoms with Crippen molar-refractivity contribution in [2.45, 2.75) is 11.3 Å². The van der Waals surface area contributed by atoms with Gasteiger partial charge in [0.25, 0.3) is 0 Å². The van der Waals surface area contributed by atoms with Gasteiger partial charge in [0.15, 0.2) is 0 Å². The second-order valence-electron chi connectivity index (χ2n) is 4.57. The summed E-state index contributed by atoms with van der Waals surface area (Å²) < 4.78 is 31.0. The van der Waals surface area contributed by atoms with Crippen LogP contribution in [0.25, 0.3) is 0 Å². The van der Waals surface area contributed by atoms with Gasteiger partial charge in [0.1, 0.15) is 0 Å². The molecule has 1 heterocycles. The first-order valence-electron chi connectivity index (χ1n) is 6.17. The molecule has 0 amide bonds. The molecular weight excluding hydrogens is 266 g/mol. The lowest BCUT2D eigenvalue weighted by Gasteiger charge is -2.14. The molecule has 1 aromatic carbocycles. The van der Waals surface area contributed by atoms with E-state index >= 15 is 0 Å². The van der Waals surface area contributed by atoms with E-state index < -0.39 is 10.0 Å². The number of ether oxygens (including phenoxy) is 1. The number of hydrogen-bond acceptors (Lipinski definition) is 5. The molecule has 19 heavy (non-hydrogen) atoms. The average Bonchev–Trinajstić information content (AvgIpc) is 2.90. The molecule has 1 aliphatic heterocycles. The Balaban J connectivity index is 2.13. The first-order valence-corrected chi connectivity index (χ1v) is 7.66. The SMILES string of the molecule is CNS(=O)(=O)c1ccc(N)c(NCC2CCOC2)c1. The number of nitrogens with one attached hydrogen (secondary N) is 2. The molecule has 1 saturated heterocycles.